The van der Waals surface area contributed by atoms with Gasteiger partial charge < -0.3 is 4.90 Å². The summed E-state index contributed by atoms with van der Waals surface area (Å²) in [7, 11) is 0. The number of benzene rings is 1. The maximum atomic E-state index is 12.6. The minimum Gasteiger partial charge on any atom is -0.361 e. The fourth-order valence-corrected chi connectivity index (χ4v) is 4.02. The summed E-state index contributed by atoms with van der Waals surface area (Å²) in [5, 5.41) is 0. The van der Waals surface area contributed by atoms with Gasteiger partial charge >= 0.3 is 0 Å². The molecule has 0 bridgehead atoms. The van der Waals surface area contributed by atoms with Gasteiger partial charge in [0.2, 0.25) is 0 Å². The number of rotatable bonds is 1. The largest absolute Gasteiger partial charge is 0.361 e. The molecule has 0 aromatic heterocycles. The normalized spacial score (nSPS) is 24.7. The minimum absolute atomic E-state index is 0.110. The van der Waals surface area contributed by atoms with Crippen LogP contribution < -0.4 is 0 Å². The number of nitrogens with zero attached hydrogens (tertiary/aromatic N) is 2. The van der Waals surface area contributed by atoms with Crippen LogP contribution in [0.5, 0.6) is 0 Å². The summed E-state index contributed by atoms with van der Waals surface area (Å²) < 4.78 is 0. The third-order valence-corrected chi connectivity index (χ3v) is 5.29. The maximum Gasteiger partial charge on any atom is 0.199 e. The Morgan fingerprint density at radius 2 is 1.73 bits per heavy atom. The van der Waals surface area contributed by atoms with E-state index in [-0.39, 0.29) is 11.6 Å². The van der Waals surface area contributed by atoms with Crippen LogP contribution in [0.4, 0.5) is 0 Å². The Morgan fingerprint density at radius 1 is 1.05 bits per heavy atom. The summed E-state index contributed by atoms with van der Waals surface area (Å²) in [6.07, 6.45) is 3.67. The first-order chi connectivity index (χ1) is 10.7. The van der Waals surface area contributed by atoms with Crippen LogP contribution in [0.1, 0.15) is 46.9 Å². The molecule has 22 heavy (non-hydrogen) atoms. The van der Waals surface area contributed by atoms with Crippen LogP contribution in [0, 0.1) is 0 Å². The molecule has 1 aromatic rings. The Kier molecular flexibility index (Phi) is 3.15. The zero-order valence-corrected chi connectivity index (χ0v) is 12.8. The zero-order valence-electron chi connectivity index (χ0n) is 12.8. The molecule has 0 radical (unpaired) electrons. The van der Waals surface area contributed by atoms with Crippen molar-refractivity contribution in [3.8, 4) is 0 Å². The van der Waals surface area contributed by atoms with E-state index in [1.165, 1.54) is 12.8 Å². The second-order valence-electron chi connectivity index (χ2n) is 6.47. The molecule has 4 nitrogen and oxygen atoms in total. The number of ketones is 2. The topological polar surface area (TPSA) is 40.6 Å². The molecule has 1 aromatic carbocycles. The average Bonchev–Trinajstić information content (AvgIpc) is 3.10. The lowest BCUT2D eigenvalue weighted by atomic mass is 10.1. The quantitative estimate of drug-likeness (QED) is 0.589. The second-order valence-corrected chi connectivity index (χ2v) is 6.47. The molecule has 0 N–H and O–H groups in total. The lowest BCUT2D eigenvalue weighted by Gasteiger charge is -2.39. The van der Waals surface area contributed by atoms with Crippen LogP contribution in [0.3, 0.4) is 0 Å². The van der Waals surface area contributed by atoms with Crippen LogP contribution in [-0.4, -0.2) is 47.2 Å². The summed E-state index contributed by atoms with van der Waals surface area (Å²) in [6.45, 7) is 4.84. The van der Waals surface area contributed by atoms with Gasteiger partial charge in [0.15, 0.2) is 11.6 Å². The lowest BCUT2D eigenvalue weighted by molar-refractivity contribution is 0.0861. The molecule has 4 heteroatoms. The summed E-state index contributed by atoms with van der Waals surface area (Å²) in [5.74, 6) is -0.219. The molecule has 1 aliphatic carbocycles. The molecule has 0 spiro atoms. The SMILES string of the molecule is CC(=C1C(=O)c2ccccc2C1=O)N1CCC2CCCN2C1. The van der Waals surface area contributed by atoms with E-state index in [1.807, 2.05) is 19.1 Å². The molecule has 4 rings (SSSR count). The lowest BCUT2D eigenvalue weighted by Crippen LogP contribution is -2.47. The van der Waals surface area contributed by atoms with E-state index < -0.39 is 0 Å². The molecular formula is C18H20N2O2. The van der Waals surface area contributed by atoms with Gasteiger partial charge in [-0.1, -0.05) is 24.3 Å². The van der Waals surface area contributed by atoms with Gasteiger partial charge in [-0.15, -0.1) is 0 Å². The van der Waals surface area contributed by atoms with Crippen molar-refractivity contribution in [2.45, 2.75) is 32.2 Å². The first kappa shape index (κ1) is 13.7. The maximum absolute atomic E-state index is 12.6. The van der Waals surface area contributed by atoms with E-state index in [2.05, 4.69) is 9.80 Å². The first-order valence-electron chi connectivity index (χ1n) is 8.05. The molecule has 114 valence electrons. The summed E-state index contributed by atoms with van der Waals surface area (Å²) in [4.78, 5) is 29.9. The summed E-state index contributed by atoms with van der Waals surface area (Å²) >= 11 is 0. The number of hydrogen-bond donors (Lipinski definition) is 0. The van der Waals surface area contributed by atoms with Crippen molar-refractivity contribution < 1.29 is 9.59 Å². The number of Topliss-reactive ketones (excluding diaryl/α,β-unsaturated/α-hetero) is 2. The Labute approximate surface area is 130 Å². The van der Waals surface area contributed by atoms with Gasteiger partial charge in [0.25, 0.3) is 0 Å². The van der Waals surface area contributed by atoms with Crippen molar-refractivity contribution in [3.63, 3.8) is 0 Å². The number of carbonyl (C=O) groups excluding carboxylic acids is 2. The smallest absolute Gasteiger partial charge is 0.199 e. The average molecular weight is 296 g/mol. The van der Waals surface area contributed by atoms with Gasteiger partial charge in [0.05, 0.1) is 12.2 Å². The highest BCUT2D eigenvalue weighted by atomic mass is 16.2. The molecule has 1 unspecified atom stereocenters. The van der Waals surface area contributed by atoms with Crippen LogP contribution in [0.25, 0.3) is 0 Å². The Morgan fingerprint density at radius 3 is 2.41 bits per heavy atom. The fraction of sp³-hybridized carbons (Fsp3) is 0.444. The van der Waals surface area contributed by atoms with Gasteiger partial charge in [-0.05, 0) is 26.2 Å². The monoisotopic (exact) mass is 296 g/mol. The highest BCUT2D eigenvalue weighted by Gasteiger charge is 2.37. The minimum atomic E-state index is -0.110. The van der Waals surface area contributed by atoms with Crippen molar-refractivity contribution in [2.75, 3.05) is 19.8 Å². The second kappa shape index (κ2) is 5.06. The van der Waals surface area contributed by atoms with E-state index in [1.54, 1.807) is 12.1 Å². The molecule has 2 saturated heterocycles. The van der Waals surface area contributed by atoms with Gasteiger partial charge in [-0.25, -0.2) is 0 Å². The van der Waals surface area contributed by atoms with Gasteiger partial charge in [-0.2, -0.15) is 0 Å². The van der Waals surface area contributed by atoms with E-state index in [0.29, 0.717) is 22.7 Å². The van der Waals surface area contributed by atoms with Crippen LogP contribution in [0.15, 0.2) is 35.5 Å². The number of fused-ring (bicyclic) bond motifs is 2. The molecule has 2 aliphatic heterocycles. The van der Waals surface area contributed by atoms with E-state index in [9.17, 15) is 9.59 Å². The Balaban J connectivity index is 1.67. The zero-order chi connectivity index (χ0) is 15.3. The molecule has 1 atom stereocenters. The van der Waals surface area contributed by atoms with Crippen molar-refractivity contribution in [1.29, 1.82) is 0 Å². The van der Waals surface area contributed by atoms with Crippen LogP contribution in [-0.2, 0) is 0 Å². The van der Waals surface area contributed by atoms with Crippen molar-refractivity contribution in [1.82, 2.24) is 9.80 Å². The van der Waals surface area contributed by atoms with Gasteiger partial charge in [0, 0.05) is 36.0 Å². The molecule has 0 amide bonds. The third kappa shape index (κ3) is 1.94. The van der Waals surface area contributed by atoms with E-state index in [4.69, 9.17) is 0 Å². The molecular weight excluding hydrogens is 276 g/mol. The molecule has 2 heterocycles. The van der Waals surface area contributed by atoms with Crippen molar-refractivity contribution in [3.05, 3.63) is 46.7 Å². The highest BCUT2D eigenvalue weighted by Crippen LogP contribution is 2.32. The summed E-state index contributed by atoms with van der Waals surface area (Å²) in [5.41, 5.74) is 2.33. The Bertz CT molecular complexity index is 655. The Hall–Kier alpha value is -1.94. The van der Waals surface area contributed by atoms with Gasteiger partial charge in [0.1, 0.15) is 0 Å². The highest BCUT2D eigenvalue weighted by molar-refractivity contribution is 6.39. The van der Waals surface area contributed by atoms with E-state index >= 15 is 0 Å². The van der Waals surface area contributed by atoms with Crippen LogP contribution in [0.2, 0.25) is 0 Å². The standard InChI is InChI=1S/C18H20N2O2/c1-12(19-10-8-13-5-4-9-20(13)11-19)16-17(21)14-6-2-3-7-15(14)18(16)22/h2-3,6-7,13H,4-5,8-11H2,1H3. The number of hydrogen-bond acceptors (Lipinski definition) is 4. The first-order valence-corrected chi connectivity index (χ1v) is 8.05. The molecule has 2 fully saturated rings. The predicted octanol–water partition coefficient (Wildman–Crippen LogP) is 2.47. The van der Waals surface area contributed by atoms with Crippen molar-refractivity contribution >= 4 is 11.6 Å². The van der Waals surface area contributed by atoms with Crippen molar-refractivity contribution in [2.24, 2.45) is 0 Å². The summed E-state index contributed by atoms with van der Waals surface area (Å²) in [6, 6.07) is 7.84. The van der Waals surface area contributed by atoms with E-state index in [0.717, 1.165) is 31.9 Å². The number of carbonyl (C=O) groups is 2. The third-order valence-electron chi connectivity index (χ3n) is 5.29. The molecule has 0 saturated carbocycles. The molecule has 3 aliphatic rings. The van der Waals surface area contributed by atoms with Crippen LogP contribution >= 0.6 is 0 Å². The predicted molar refractivity (Wildman–Crippen MR) is 83.7 cm³/mol. The van der Waals surface area contributed by atoms with Gasteiger partial charge in [-0.3, -0.25) is 14.5 Å². The fourth-order valence-electron chi connectivity index (χ4n) is 4.02. The number of allylic oxidation sites excluding steroid dienone is 2.